The fraction of sp³-hybridized carbons (Fsp3) is 0.172. The molecule has 33 heavy (non-hydrogen) atoms. The highest BCUT2D eigenvalue weighted by molar-refractivity contribution is 6.02. The first-order chi connectivity index (χ1) is 16.1. The van der Waals surface area contributed by atoms with Gasteiger partial charge >= 0.3 is 0 Å². The number of hydrogen-bond acceptors (Lipinski definition) is 3. The lowest BCUT2D eigenvalue weighted by Gasteiger charge is -2.29. The maximum Gasteiger partial charge on any atom is 0.150 e. The summed E-state index contributed by atoms with van der Waals surface area (Å²) >= 11 is 0. The second-order valence-electron chi connectivity index (χ2n) is 8.72. The summed E-state index contributed by atoms with van der Waals surface area (Å²) in [6.07, 6.45) is 3.89. The molecule has 0 atom stereocenters. The number of anilines is 1. The summed E-state index contributed by atoms with van der Waals surface area (Å²) in [6, 6.07) is 30.0. The maximum atomic E-state index is 4.83. The van der Waals surface area contributed by atoms with Crippen molar-refractivity contribution in [2.75, 3.05) is 4.90 Å². The van der Waals surface area contributed by atoms with E-state index in [4.69, 9.17) is 9.97 Å². The molecule has 164 valence electrons. The molecule has 0 aliphatic rings. The van der Waals surface area contributed by atoms with E-state index in [0.29, 0.717) is 0 Å². The van der Waals surface area contributed by atoms with Crippen LogP contribution in [0.15, 0.2) is 97.5 Å². The molecule has 0 N–H and O–H groups in total. The van der Waals surface area contributed by atoms with Crippen molar-refractivity contribution in [3.63, 3.8) is 0 Å². The van der Waals surface area contributed by atoms with Gasteiger partial charge in [-0.2, -0.15) is 0 Å². The largest absolute Gasteiger partial charge is 0.349 e. The standard InChI is InChI=1S/C29H28N4/c1-21(2)32(18-23-10-6-4-7-11-23)28-27-26(24-12-8-5-9-13-24)19-33(29(27)31-20-30-28)25-16-14-22(3)15-17-25/h4-17,19-21H,18H2,1-3H3. The Hall–Kier alpha value is -3.92. The van der Waals surface area contributed by atoms with Crippen LogP contribution in [0.4, 0.5) is 5.82 Å². The quantitative estimate of drug-likeness (QED) is 0.295. The van der Waals surface area contributed by atoms with E-state index in [9.17, 15) is 0 Å². The summed E-state index contributed by atoms with van der Waals surface area (Å²) in [4.78, 5) is 12.0. The van der Waals surface area contributed by atoms with E-state index in [0.717, 1.165) is 40.2 Å². The second-order valence-corrected chi connectivity index (χ2v) is 8.72. The van der Waals surface area contributed by atoms with Crippen LogP contribution in [0.3, 0.4) is 0 Å². The zero-order chi connectivity index (χ0) is 22.8. The minimum absolute atomic E-state index is 0.273. The number of aromatic nitrogens is 3. The maximum absolute atomic E-state index is 4.83. The smallest absolute Gasteiger partial charge is 0.150 e. The Kier molecular flexibility index (Phi) is 5.66. The molecule has 2 aromatic heterocycles. The lowest BCUT2D eigenvalue weighted by atomic mass is 10.1. The van der Waals surface area contributed by atoms with Gasteiger partial charge < -0.3 is 9.47 Å². The van der Waals surface area contributed by atoms with Crippen molar-refractivity contribution in [3.8, 4) is 16.8 Å². The summed E-state index contributed by atoms with van der Waals surface area (Å²) in [5.74, 6) is 0.962. The van der Waals surface area contributed by atoms with Crippen LogP contribution in [0.1, 0.15) is 25.0 Å². The molecule has 0 aliphatic heterocycles. The van der Waals surface area contributed by atoms with Crippen molar-refractivity contribution >= 4 is 16.9 Å². The first-order valence-electron chi connectivity index (χ1n) is 11.4. The average molecular weight is 433 g/mol. The molecule has 5 rings (SSSR count). The molecule has 0 aliphatic carbocycles. The second kappa shape index (κ2) is 8.91. The molecule has 4 nitrogen and oxygen atoms in total. The third-order valence-electron chi connectivity index (χ3n) is 6.05. The molecule has 0 unspecified atom stereocenters. The molecule has 3 aromatic carbocycles. The lowest BCUT2D eigenvalue weighted by molar-refractivity contribution is 0.674. The number of fused-ring (bicyclic) bond motifs is 1. The highest BCUT2D eigenvalue weighted by Crippen LogP contribution is 2.37. The zero-order valence-corrected chi connectivity index (χ0v) is 19.3. The van der Waals surface area contributed by atoms with Crippen molar-refractivity contribution < 1.29 is 0 Å². The fourth-order valence-corrected chi connectivity index (χ4v) is 4.28. The molecule has 0 saturated heterocycles. The van der Waals surface area contributed by atoms with Gasteiger partial charge in [0.2, 0.25) is 0 Å². The predicted octanol–water partition coefficient (Wildman–Crippen LogP) is 6.81. The first kappa shape index (κ1) is 21.0. The molecule has 4 heteroatoms. The molecule has 0 saturated carbocycles. The van der Waals surface area contributed by atoms with Gasteiger partial charge in [0, 0.05) is 30.0 Å². The fourth-order valence-electron chi connectivity index (χ4n) is 4.28. The van der Waals surface area contributed by atoms with Gasteiger partial charge in [-0.3, -0.25) is 0 Å². The Balaban J connectivity index is 1.75. The number of aryl methyl sites for hydroxylation is 1. The average Bonchev–Trinajstić information content (AvgIpc) is 3.24. The van der Waals surface area contributed by atoms with Gasteiger partial charge in [0.05, 0.1) is 5.39 Å². The number of nitrogens with zero attached hydrogens (tertiary/aromatic N) is 4. The molecule has 0 amide bonds. The molecular formula is C29H28N4. The van der Waals surface area contributed by atoms with E-state index in [1.165, 1.54) is 11.1 Å². The van der Waals surface area contributed by atoms with Crippen molar-refractivity contribution in [2.24, 2.45) is 0 Å². The van der Waals surface area contributed by atoms with Crippen molar-refractivity contribution in [1.82, 2.24) is 14.5 Å². The van der Waals surface area contributed by atoms with Crippen LogP contribution < -0.4 is 4.90 Å². The van der Waals surface area contributed by atoms with Gasteiger partial charge in [-0.15, -0.1) is 0 Å². The molecule has 0 radical (unpaired) electrons. The van der Waals surface area contributed by atoms with Gasteiger partial charge in [0.25, 0.3) is 0 Å². The van der Waals surface area contributed by atoms with Gasteiger partial charge in [-0.05, 0) is 44.0 Å². The van der Waals surface area contributed by atoms with Gasteiger partial charge in [-0.1, -0.05) is 78.4 Å². The van der Waals surface area contributed by atoms with Crippen LogP contribution in [-0.2, 0) is 6.54 Å². The molecule has 0 spiro atoms. The topological polar surface area (TPSA) is 34.0 Å². The van der Waals surface area contributed by atoms with Crippen LogP contribution >= 0.6 is 0 Å². The Morgan fingerprint density at radius 1 is 0.818 bits per heavy atom. The summed E-state index contributed by atoms with van der Waals surface area (Å²) in [6.45, 7) is 7.33. The predicted molar refractivity (Wildman–Crippen MR) is 137 cm³/mol. The molecule has 5 aromatic rings. The van der Waals surface area contributed by atoms with E-state index in [1.807, 2.05) is 0 Å². The van der Waals surface area contributed by atoms with E-state index in [1.54, 1.807) is 6.33 Å². The van der Waals surface area contributed by atoms with Crippen molar-refractivity contribution in [1.29, 1.82) is 0 Å². The minimum Gasteiger partial charge on any atom is -0.349 e. The highest BCUT2D eigenvalue weighted by Gasteiger charge is 2.22. The number of benzene rings is 3. The minimum atomic E-state index is 0.273. The Bertz CT molecular complexity index is 1350. The molecule has 2 heterocycles. The number of rotatable bonds is 6. The van der Waals surface area contributed by atoms with Crippen LogP contribution in [0.2, 0.25) is 0 Å². The summed E-state index contributed by atoms with van der Waals surface area (Å²) in [5, 5.41) is 1.08. The van der Waals surface area contributed by atoms with E-state index in [2.05, 4.69) is 121 Å². The van der Waals surface area contributed by atoms with Crippen LogP contribution in [0.25, 0.3) is 27.8 Å². The highest BCUT2D eigenvalue weighted by atomic mass is 15.2. The van der Waals surface area contributed by atoms with Crippen molar-refractivity contribution in [2.45, 2.75) is 33.4 Å². The Labute approximate surface area is 195 Å². The summed E-state index contributed by atoms with van der Waals surface area (Å²) in [5.41, 5.74) is 6.81. The third kappa shape index (κ3) is 4.12. The van der Waals surface area contributed by atoms with Crippen molar-refractivity contribution in [3.05, 3.63) is 109 Å². The normalized spacial score (nSPS) is 11.3. The first-order valence-corrected chi connectivity index (χ1v) is 11.4. The van der Waals surface area contributed by atoms with Crippen LogP contribution in [0.5, 0.6) is 0 Å². The van der Waals surface area contributed by atoms with Gasteiger partial charge in [-0.25, -0.2) is 9.97 Å². The van der Waals surface area contributed by atoms with E-state index < -0.39 is 0 Å². The number of hydrogen-bond donors (Lipinski definition) is 0. The zero-order valence-electron chi connectivity index (χ0n) is 19.3. The summed E-state index contributed by atoms with van der Waals surface area (Å²) in [7, 11) is 0. The Morgan fingerprint density at radius 3 is 2.15 bits per heavy atom. The molecule has 0 bridgehead atoms. The monoisotopic (exact) mass is 432 g/mol. The van der Waals surface area contributed by atoms with Gasteiger partial charge in [0.1, 0.15) is 12.1 Å². The third-order valence-corrected chi connectivity index (χ3v) is 6.05. The SMILES string of the molecule is Cc1ccc(-n2cc(-c3ccccc3)c3c(N(Cc4ccccc4)C(C)C)ncnc32)cc1. The van der Waals surface area contributed by atoms with E-state index >= 15 is 0 Å². The van der Waals surface area contributed by atoms with E-state index in [-0.39, 0.29) is 6.04 Å². The van der Waals surface area contributed by atoms with Crippen LogP contribution in [-0.4, -0.2) is 20.6 Å². The Morgan fingerprint density at radius 2 is 1.48 bits per heavy atom. The van der Waals surface area contributed by atoms with Crippen LogP contribution in [0, 0.1) is 6.92 Å². The molecule has 0 fully saturated rings. The van der Waals surface area contributed by atoms with Gasteiger partial charge in [0.15, 0.2) is 5.65 Å². The summed E-state index contributed by atoms with van der Waals surface area (Å²) < 4.78 is 2.18. The lowest BCUT2D eigenvalue weighted by Crippen LogP contribution is -2.31. The molecular weight excluding hydrogens is 404 g/mol.